The Labute approximate surface area is 309 Å². The number of hydrogen-bond acceptors (Lipinski definition) is 10. The van der Waals surface area contributed by atoms with Crippen molar-refractivity contribution >= 4 is 44.2 Å². The maximum atomic E-state index is 16.9. The van der Waals surface area contributed by atoms with Crippen molar-refractivity contribution in [1.82, 2.24) is 14.5 Å². The van der Waals surface area contributed by atoms with Crippen LogP contribution in [0.1, 0.15) is 88.4 Å². The second kappa shape index (κ2) is 13.1. The minimum atomic E-state index is -3.97. The van der Waals surface area contributed by atoms with Crippen molar-refractivity contribution in [2.24, 2.45) is 0 Å². The molecule has 8 rings (SSSR count). The van der Waals surface area contributed by atoms with Crippen molar-refractivity contribution in [2.75, 3.05) is 56.7 Å². The Morgan fingerprint density at radius 2 is 1.72 bits per heavy atom. The van der Waals surface area contributed by atoms with E-state index in [0.29, 0.717) is 37.0 Å². The molecule has 2 bridgehead atoms. The van der Waals surface area contributed by atoms with E-state index in [1.165, 1.54) is 17.0 Å². The van der Waals surface area contributed by atoms with Gasteiger partial charge in [0.05, 0.1) is 46.3 Å². The van der Waals surface area contributed by atoms with Crippen LogP contribution in [0.5, 0.6) is 0 Å². The summed E-state index contributed by atoms with van der Waals surface area (Å²) in [4.78, 5) is 49.3. The van der Waals surface area contributed by atoms with Gasteiger partial charge in [-0.05, 0) is 102 Å². The Morgan fingerprint density at radius 1 is 1.04 bits per heavy atom. The van der Waals surface area contributed by atoms with E-state index in [1.807, 2.05) is 18.7 Å². The zero-order valence-electron chi connectivity index (χ0n) is 31.1. The number of piperazine rings is 1. The molecule has 5 aliphatic rings. The van der Waals surface area contributed by atoms with Crippen LogP contribution in [0.25, 0.3) is 11.0 Å². The number of sulfonamides is 1. The molecule has 1 aliphatic carbocycles. The second-order valence-corrected chi connectivity index (χ2v) is 18.2. The summed E-state index contributed by atoms with van der Waals surface area (Å²) in [7, 11) is -0.167. The van der Waals surface area contributed by atoms with Crippen LogP contribution >= 0.6 is 0 Å². The van der Waals surface area contributed by atoms with E-state index in [4.69, 9.17) is 9.15 Å². The minimum Gasteiger partial charge on any atom is -0.422 e. The third-order valence-electron chi connectivity index (χ3n) is 12.7. The third kappa shape index (κ3) is 5.92. The van der Waals surface area contributed by atoms with E-state index < -0.39 is 38.0 Å². The second-order valence-electron chi connectivity index (χ2n) is 16.0. The van der Waals surface area contributed by atoms with Crippen LogP contribution in [0.3, 0.4) is 0 Å². The normalized spacial score (nSPS) is 23.8. The summed E-state index contributed by atoms with van der Waals surface area (Å²) in [5, 5.41) is 0.874. The van der Waals surface area contributed by atoms with Crippen molar-refractivity contribution in [2.45, 2.75) is 95.1 Å². The van der Waals surface area contributed by atoms with Gasteiger partial charge in [-0.1, -0.05) is 0 Å². The molecule has 3 saturated heterocycles. The highest BCUT2D eigenvalue weighted by atomic mass is 32.2. The molecule has 0 unspecified atom stereocenters. The van der Waals surface area contributed by atoms with Gasteiger partial charge in [0.1, 0.15) is 5.58 Å². The molecule has 53 heavy (non-hydrogen) atoms. The highest BCUT2D eigenvalue weighted by Crippen LogP contribution is 2.45. The van der Waals surface area contributed by atoms with Crippen LogP contribution in [0.15, 0.2) is 27.4 Å². The summed E-state index contributed by atoms with van der Waals surface area (Å²) >= 11 is 0. The van der Waals surface area contributed by atoms with Crippen LogP contribution in [0.4, 0.5) is 15.8 Å². The van der Waals surface area contributed by atoms with Gasteiger partial charge < -0.3 is 23.9 Å². The molecule has 4 fully saturated rings. The molecule has 1 saturated carbocycles. The molecule has 284 valence electrons. The Balaban J connectivity index is 1.11. The number of nitrogens with one attached hydrogen (secondary N) is 1. The molecule has 1 N–H and O–H groups in total. The summed E-state index contributed by atoms with van der Waals surface area (Å²) in [5.74, 6) is -2.34. The zero-order chi connectivity index (χ0) is 37.6. The number of carbonyl (C=O) groups is 2. The molecule has 0 radical (unpaired) electrons. The van der Waals surface area contributed by atoms with Crippen LogP contribution in [-0.4, -0.2) is 99.8 Å². The molecule has 1 aromatic heterocycles. The quantitative estimate of drug-likeness (QED) is 0.334. The van der Waals surface area contributed by atoms with E-state index in [-0.39, 0.29) is 48.0 Å². The summed E-state index contributed by atoms with van der Waals surface area (Å²) < 4.78 is 55.5. The first kappa shape index (κ1) is 36.0. The highest BCUT2D eigenvalue weighted by Gasteiger charge is 2.51. The van der Waals surface area contributed by atoms with Gasteiger partial charge in [0, 0.05) is 62.0 Å². The molecule has 14 heteroatoms. The Bertz CT molecular complexity index is 2180. The molecule has 2 amide bonds. The number of methoxy groups -OCH3 is 1. The number of halogens is 1. The van der Waals surface area contributed by atoms with Gasteiger partial charge in [-0.2, -0.15) is 0 Å². The number of benzene rings is 2. The zero-order valence-corrected chi connectivity index (χ0v) is 31.9. The minimum absolute atomic E-state index is 0.000939. The van der Waals surface area contributed by atoms with Crippen LogP contribution in [0.2, 0.25) is 0 Å². The first-order valence-electron chi connectivity index (χ1n) is 18.7. The van der Waals surface area contributed by atoms with Crippen molar-refractivity contribution in [1.29, 1.82) is 0 Å². The first-order valence-corrected chi connectivity index (χ1v) is 20.2. The fourth-order valence-corrected chi connectivity index (χ4v) is 10.4. The highest BCUT2D eigenvalue weighted by molar-refractivity contribution is 7.91. The number of likely N-dealkylation sites (N-methyl/N-ethyl adjacent to an activating group) is 1. The fourth-order valence-electron chi connectivity index (χ4n) is 9.15. The molecule has 2 aromatic carbocycles. The summed E-state index contributed by atoms with van der Waals surface area (Å²) in [6, 6.07) is 5.02. The van der Waals surface area contributed by atoms with Crippen molar-refractivity contribution in [3.05, 3.63) is 67.8 Å². The third-order valence-corrected chi connectivity index (χ3v) is 14.8. The lowest BCUT2D eigenvalue weighted by atomic mass is 9.92. The average molecular weight is 750 g/mol. The molecular formula is C39H48FN5O7S. The summed E-state index contributed by atoms with van der Waals surface area (Å²) in [6.07, 6.45) is 4.59. The number of aryl methyl sites for hydroxylation is 2. The van der Waals surface area contributed by atoms with Crippen molar-refractivity contribution in [3.8, 4) is 0 Å². The molecule has 1 atom stereocenters. The molecule has 0 spiro atoms. The number of rotatable bonds is 8. The summed E-state index contributed by atoms with van der Waals surface area (Å²) in [6.45, 7) is 8.89. The van der Waals surface area contributed by atoms with Crippen molar-refractivity contribution < 1.29 is 31.6 Å². The average Bonchev–Trinajstić information content (AvgIpc) is 3.62. The Hall–Kier alpha value is -4.01. The molecule has 12 nitrogen and oxygen atoms in total. The molecule has 4 aliphatic heterocycles. The molecule has 3 aromatic rings. The number of anilines is 2. The number of amides is 2. The topological polar surface area (TPSA) is 133 Å². The SMILES string of the molecule is COC[C@H]1CN(c2cc(C)c3c4c(c(=O)oc3c2C)CN(C(=O)c2ccc(C(=O)NS(=O)(=O)C3(C)CC3)c(N3C5CCC3CC5)c2F)CC4)CCN1C. The number of nitrogens with zero attached hydrogens (tertiary/aromatic N) is 4. The molecular weight excluding hydrogens is 702 g/mol. The predicted octanol–water partition coefficient (Wildman–Crippen LogP) is 4.26. The van der Waals surface area contributed by atoms with E-state index in [9.17, 15) is 22.8 Å². The smallest absolute Gasteiger partial charge is 0.341 e. The van der Waals surface area contributed by atoms with Gasteiger partial charge in [0.15, 0.2) is 5.82 Å². The van der Waals surface area contributed by atoms with Crippen LogP contribution in [0, 0.1) is 19.7 Å². The first-order chi connectivity index (χ1) is 25.2. The lowest BCUT2D eigenvalue weighted by Gasteiger charge is -2.41. The van der Waals surface area contributed by atoms with Gasteiger partial charge in [-0.15, -0.1) is 0 Å². The van der Waals surface area contributed by atoms with E-state index in [2.05, 4.69) is 27.6 Å². The van der Waals surface area contributed by atoms with Gasteiger partial charge in [0.25, 0.3) is 11.8 Å². The molecule has 5 heterocycles. The number of hydrogen-bond donors (Lipinski definition) is 1. The maximum Gasteiger partial charge on any atom is 0.341 e. The van der Waals surface area contributed by atoms with E-state index in [0.717, 1.165) is 73.1 Å². The number of ether oxygens (including phenoxy) is 1. The van der Waals surface area contributed by atoms with E-state index in [1.54, 1.807) is 14.0 Å². The lowest BCUT2D eigenvalue weighted by molar-refractivity contribution is 0.0727. The lowest BCUT2D eigenvalue weighted by Crippen LogP contribution is -2.53. The predicted molar refractivity (Wildman–Crippen MR) is 200 cm³/mol. The standard InChI is InChI=1S/C39H48FN5O7S/c1-22-18-31(43-17-16-42(4)26(19-43)21-51-5)23(2)35-32(22)27-12-15-44(20-30(27)38(48)52-35)37(47)28-10-11-29(36(46)41-53(49,50)39(3)13-14-39)34(33(28)40)45-24-6-7-25(45)9-8-24/h10-11,18,24-26H,6-9,12-17,19-21H2,1-5H3,(H,41,46)/t24?,25?,26-/m1/s1. The monoisotopic (exact) mass is 749 g/mol. The van der Waals surface area contributed by atoms with Gasteiger partial charge >= 0.3 is 5.63 Å². The largest absolute Gasteiger partial charge is 0.422 e. The van der Waals surface area contributed by atoms with Gasteiger partial charge in [-0.3, -0.25) is 14.5 Å². The van der Waals surface area contributed by atoms with Crippen LogP contribution in [-0.2, 0) is 27.7 Å². The van der Waals surface area contributed by atoms with Gasteiger partial charge in [-0.25, -0.2) is 22.3 Å². The number of fused-ring (bicyclic) bond motifs is 5. The Kier molecular flexibility index (Phi) is 8.89. The van der Waals surface area contributed by atoms with E-state index >= 15 is 4.39 Å². The van der Waals surface area contributed by atoms with Crippen molar-refractivity contribution in [3.63, 3.8) is 0 Å². The van der Waals surface area contributed by atoms with Crippen LogP contribution < -0.4 is 20.1 Å². The van der Waals surface area contributed by atoms with Gasteiger partial charge in [0.2, 0.25) is 10.0 Å². The number of carbonyl (C=O) groups excluding carboxylic acids is 2. The maximum absolute atomic E-state index is 16.9. The summed E-state index contributed by atoms with van der Waals surface area (Å²) in [5.41, 5.74) is 3.80. The Morgan fingerprint density at radius 3 is 2.38 bits per heavy atom. The fraction of sp³-hybridized carbons (Fsp3) is 0.564.